The van der Waals surface area contributed by atoms with Crippen molar-refractivity contribution in [2.45, 2.75) is 51.7 Å². The lowest BCUT2D eigenvalue weighted by molar-refractivity contribution is -0.138. The van der Waals surface area contributed by atoms with Gasteiger partial charge in [-0.1, -0.05) is 43.3 Å². The van der Waals surface area contributed by atoms with E-state index < -0.39 is 5.97 Å². The Morgan fingerprint density at radius 2 is 2.13 bits per heavy atom. The minimum Gasteiger partial charge on any atom is -0.481 e. The van der Waals surface area contributed by atoms with Gasteiger partial charge in [0.2, 0.25) is 0 Å². The van der Waals surface area contributed by atoms with E-state index in [9.17, 15) is 9.90 Å². The Bertz CT molecular complexity index is 693. The molecule has 5 nitrogen and oxygen atoms in total. The Balaban J connectivity index is 1.80. The molecule has 1 aliphatic rings. The summed E-state index contributed by atoms with van der Waals surface area (Å²) >= 11 is 0. The Labute approximate surface area is 135 Å². The molecule has 1 N–H and O–H groups in total. The molecular weight excluding hydrogens is 292 g/mol. The van der Waals surface area contributed by atoms with Gasteiger partial charge in [0.15, 0.2) is 5.76 Å². The molecule has 0 aliphatic carbocycles. The largest absolute Gasteiger partial charge is 0.481 e. The van der Waals surface area contributed by atoms with Crippen LogP contribution in [0.1, 0.15) is 48.8 Å². The van der Waals surface area contributed by atoms with Crippen LogP contribution in [0.4, 0.5) is 0 Å². The van der Waals surface area contributed by atoms with Crippen molar-refractivity contribution in [1.82, 2.24) is 10.1 Å². The van der Waals surface area contributed by atoms with Crippen molar-refractivity contribution in [3.8, 4) is 0 Å². The number of nitrogens with zero attached hydrogens (tertiary/aromatic N) is 2. The molecule has 0 radical (unpaired) electrons. The zero-order valence-electron chi connectivity index (χ0n) is 13.5. The highest BCUT2D eigenvalue weighted by Gasteiger charge is 2.28. The van der Waals surface area contributed by atoms with Gasteiger partial charge in [-0.15, -0.1) is 0 Å². The van der Waals surface area contributed by atoms with Gasteiger partial charge in [0.1, 0.15) is 0 Å². The van der Waals surface area contributed by atoms with Crippen LogP contribution >= 0.6 is 0 Å². The summed E-state index contributed by atoms with van der Waals surface area (Å²) in [6.45, 7) is 5.48. The van der Waals surface area contributed by atoms with E-state index >= 15 is 0 Å². The zero-order chi connectivity index (χ0) is 16.4. The molecule has 0 fully saturated rings. The summed E-state index contributed by atoms with van der Waals surface area (Å²) in [5, 5.41) is 13.3. The van der Waals surface area contributed by atoms with Crippen LogP contribution in [0.5, 0.6) is 0 Å². The maximum Gasteiger partial charge on any atom is 0.304 e. The highest BCUT2D eigenvalue weighted by molar-refractivity contribution is 5.67. The van der Waals surface area contributed by atoms with Crippen LogP contribution in [0.3, 0.4) is 0 Å². The van der Waals surface area contributed by atoms with Gasteiger partial charge >= 0.3 is 5.97 Å². The van der Waals surface area contributed by atoms with Gasteiger partial charge in [-0.2, -0.15) is 0 Å². The topological polar surface area (TPSA) is 66.6 Å². The highest BCUT2D eigenvalue weighted by atomic mass is 16.5. The molecule has 0 amide bonds. The minimum absolute atomic E-state index is 0.0185. The van der Waals surface area contributed by atoms with E-state index in [1.54, 1.807) is 0 Å². The lowest BCUT2D eigenvalue weighted by Crippen LogP contribution is -2.41. The Morgan fingerprint density at radius 3 is 2.78 bits per heavy atom. The van der Waals surface area contributed by atoms with Gasteiger partial charge in [0.05, 0.1) is 18.7 Å². The van der Waals surface area contributed by atoms with Crippen molar-refractivity contribution >= 4 is 5.97 Å². The third kappa shape index (κ3) is 3.62. The SMILES string of the molecule is CC(C)c1cc(CN2Cc3ccccc3C[C@H]2CC(=O)O)on1. The Morgan fingerprint density at radius 1 is 1.39 bits per heavy atom. The van der Waals surface area contributed by atoms with Crippen LogP contribution in [0, 0.1) is 0 Å². The zero-order valence-corrected chi connectivity index (χ0v) is 13.5. The number of carboxylic acids is 1. The number of carboxylic acid groups (broad SMARTS) is 1. The summed E-state index contributed by atoms with van der Waals surface area (Å²) in [5.74, 6) is 0.354. The minimum atomic E-state index is -0.764. The van der Waals surface area contributed by atoms with Gasteiger partial charge in [0.25, 0.3) is 0 Å². The van der Waals surface area contributed by atoms with Gasteiger partial charge in [-0.05, 0) is 23.5 Å². The average molecular weight is 314 g/mol. The quantitative estimate of drug-likeness (QED) is 0.918. The molecule has 0 saturated heterocycles. The van der Waals surface area contributed by atoms with Crippen molar-refractivity contribution in [2.24, 2.45) is 0 Å². The number of benzene rings is 1. The first-order chi connectivity index (χ1) is 11.0. The number of aromatic nitrogens is 1. The summed E-state index contributed by atoms with van der Waals surface area (Å²) in [7, 11) is 0. The standard InChI is InChI=1S/C18H22N2O3/c1-12(2)17-9-16(23-19-17)11-20-10-14-6-4-3-5-13(14)7-15(20)8-18(21)22/h3-6,9,12,15H,7-8,10-11H2,1-2H3,(H,21,22)/t15-/m0/s1. The second-order valence-electron chi connectivity index (χ2n) is 6.50. The maximum absolute atomic E-state index is 11.2. The van der Waals surface area contributed by atoms with E-state index in [1.807, 2.05) is 18.2 Å². The van der Waals surface area contributed by atoms with E-state index in [0.717, 1.165) is 24.4 Å². The second kappa shape index (κ2) is 6.54. The molecule has 1 aromatic carbocycles. The van der Waals surface area contributed by atoms with E-state index in [2.05, 4.69) is 36.0 Å². The average Bonchev–Trinajstić information content (AvgIpc) is 2.96. The molecule has 122 valence electrons. The molecule has 3 rings (SSSR count). The van der Waals surface area contributed by atoms with E-state index in [0.29, 0.717) is 12.5 Å². The summed E-state index contributed by atoms with van der Waals surface area (Å²) < 4.78 is 5.43. The van der Waals surface area contributed by atoms with Crippen LogP contribution in [0.2, 0.25) is 0 Å². The molecule has 23 heavy (non-hydrogen) atoms. The molecule has 2 heterocycles. The number of hydrogen-bond acceptors (Lipinski definition) is 4. The fourth-order valence-electron chi connectivity index (χ4n) is 3.11. The monoisotopic (exact) mass is 314 g/mol. The second-order valence-corrected chi connectivity index (χ2v) is 6.50. The van der Waals surface area contributed by atoms with Crippen molar-refractivity contribution in [1.29, 1.82) is 0 Å². The first-order valence-electron chi connectivity index (χ1n) is 8.01. The van der Waals surface area contributed by atoms with Crippen LogP contribution in [0.15, 0.2) is 34.9 Å². The molecule has 0 saturated carbocycles. The molecule has 0 spiro atoms. The van der Waals surface area contributed by atoms with E-state index in [-0.39, 0.29) is 12.5 Å². The fourth-order valence-corrected chi connectivity index (χ4v) is 3.11. The molecule has 5 heteroatoms. The summed E-state index contributed by atoms with van der Waals surface area (Å²) in [6, 6.07) is 10.2. The highest BCUT2D eigenvalue weighted by Crippen LogP contribution is 2.27. The number of aliphatic carboxylic acids is 1. The van der Waals surface area contributed by atoms with Crippen molar-refractivity contribution in [2.75, 3.05) is 0 Å². The maximum atomic E-state index is 11.2. The van der Waals surface area contributed by atoms with E-state index in [4.69, 9.17) is 4.52 Å². The summed E-state index contributed by atoms with van der Waals surface area (Å²) in [5.41, 5.74) is 3.44. The first-order valence-corrected chi connectivity index (χ1v) is 8.01. The number of fused-ring (bicyclic) bond motifs is 1. The van der Waals surface area contributed by atoms with Crippen molar-refractivity contribution in [3.05, 3.63) is 52.9 Å². The third-order valence-electron chi connectivity index (χ3n) is 4.40. The number of rotatable bonds is 5. The molecule has 0 bridgehead atoms. The molecule has 1 atom stereocenters. The smallest absolute Gasteiger partial charge is 0.304 e. The predicted molar refractivity (Wildman–Crippen MR) is 86.0 cm³/mol. The lowest BCUT2D eigenvalue weighted by atomic mass is 9.92. The van der Waals surface area contributed by atoms with Crippen LogP contribution in [-0.2, 0) is 24.3 Å². The van der Waals surface area contributed by atoms with E-state index in [1.165, 1.54) is 11.1 Å². The van der Waals surface area contributed by atoms with Gasteiger partial charge in [0, 0.05) is 18.7 Å². The third-order valence-corrected chi connectivity index (χ3v) is 4.40. The Kier molecular flexibility index (Phi) is 4.48. The van der Waals surface area contributed by atoms with Gasteiger partial charge in [-0.3, -0.25) is 9.69 Å². The summed E-state index contributed by atoms with van der Waals surface area (Å²) in [4.78, 5) is 13.4. The summed E-state index contributed by atoms with van der Waals surface area (Å²) in [6.07, 6.45) is 0.896. The molecular formula is C18H22N2O3. The van der Waals surface area contributed by atoms with Crippen LogP contribution < -0.4 is 0 Å². The lowest BCUT2D eigenvalue weighted by Gasteiger charge is -2.35. The molecule has 2 aromatic rings. The fraction of sp³-hybridized carbons (Fsp3) is 0.444. The number of carbonyl (C=O) groups is 1. The Hall–Kier alpha value is -2.14. The van der Waals surface area contributed by atoms with Gasteiger partial charge < -0.3 is 9.63 Å². The molecule has 1 aromatic heterocycles. The van der Waals surface area contributed by atoms with Crippen molar-refractivity contribution in [3.63, 3.8) is 0 Å². The van der Waals surface area contributed by atoms with Gasteiger partial charge in [-0.25, -0.2) is 0 Å². The first kappa shape index (κ1) is 15.7. The number of hydrogen-bond donors (Lipinski definition) is 1. The predicted octanol–water partition coefficient (Wildman–Crippen LogP) is 3.20. The van der Waals surface area contributed by atoms with Crippen LogP contribution in [-0.4, -0.2) is 27.2 Å². The molecule has 1 aliphatic heterocycles. The normalized spacial score (nSPS) is 18.1. The van der Waals surface area contributed by atoms with Crippen LogP contribution in [0.25, 0.3) is 0 Å². The van der Waals surface area contributed by atoms with Crippen molar-refractivity contribution < 1.29 is 14.4 Å². The molecule has 0 unspecified atom stereocenters.